The van der Waals surface area contributed by atoms with Gasteiger partial charge in [0.1, 0.15) is 17.1 Å². The van der Waals surface area contributed by atoms with Crippen LogP contribution < -0.4 is 20.8 Å². The molecule has 2 amide bonds. The summed E-state index contributed by atoms with van der Waals surface area (Å²) in [6, 6.07) is 3.95. The molecule has 0 radical (unpaired) electrons. The van der Waals surface area contributed by atoms with Crippen molar-refractivity contribution >= 4 is 45.2 Å². The Morgan fingerprint density at radius 2 is 1.91 bits per heavy atom. The second kappa shape index (κ2) is 11.1. The first kappa shape index (κ1) is 29.6. The molecule has 0 unspecified atom stereocenters. The van der Waals surface area contributed by atoms with Gasteiger partial charge in [-0.15, -0.1) is 5.11 Å². The number of ether oxygens (including phenoxy) is 1. The summed E-state index contributed by atoms with van der Waals surface area (Å²) in [7, 11) is 1.41. The van der Waals surface area contributed by atoms with Crippen molar-refractivity contribution in [1.82, 2.24) is 14.0 Å². The van der Waals surface area contributed by atoms with E-state index < -0.39 is 34.6 Å². The summed E-state index contributed by atoms with van der Waals surface area (Å²) >= 11 is 0. The Kier molecular flexibility index (Phi) is 7.14. The third-order valence-corrected chi connectivity index (χ3v) is 9.33. The second-order valence-corrected chi connectivity index (χ2v) is 12.1. The summed E-state index contributed by atoms with van der Waals surface area (Å²) < 4.78 is 39.3. The van der Waals surface area contributed by atoms with E-state index in [-0.39, 0.29) is 58.4 Å². The van der Waals surface area contributed by atoms with Gasteiger partial charge in [0.25, 0.3) is 0 Å². The van der Waals surface area contributed by atoms with Crippen molar-refractivity contribution in [2.45, 2.75) is 44.4 Å². The summed E-state index contributed by atoms with van der Waals surface area (Å²) in [4.78, 5) is 40.3. The van der Waals surface area contributed by atoms with Gasteiger partial charge in [-0.1, -0.05) is 5.11 Å². The predicted molar refractivity (Wildman–Crippen MR) is 163 cm³/mol. The SMILES string of the molecule is COc1c(N2C[C@@H]3CCCN(Cn4c(O)c(N=NC(N)=O)c5cc(F)ccc54)[C@@H]3C2)c(F)cc2c(=O)c(C(=O)O)cn(C3CC3)c12. The molecule has 7 rings (SSSR count). The van der Waals surface area contributed by atoms with Crippen LogP contribution in [0.5, 0.6) is 11.6 Å². The molecule has 2 aromatic heterocycles. The molecule has 4 N–H and O–H groups in total. The molecule has 2 atom stereocenters. The number of nitrogens with zero attached hydrogens (tertiary/aromatic N) is 6. The van der Waals surface area contributed by atoms with Crippen LogP contribution in [0, 0.1) is 17.6 Å². The minimum atomic E-state index is -1.37. The fourth-order valence-corrected chi connectivity index (χ4v) is 7.17. The molecule has 2 aliphatic heterocycles. The van der Waals surface area contributed by atoms with Gasteiger partial charge >= 0.3 is 12.0 Å². The van der Waals surface area contributed by atoms with Gasteiger partial charge in [0, 0.05) is 43.3 Å². The Bertz CT molecular complexity index is 2020. The molecule has 3 aliphatic rings. The number of anilines is 1. The normalized spacial score (nSPS) is 20.2. The lowest BCUT2D eigenvalue weighted by atomic mass is 9.92. The number of nitrogens with two attached hydrogens (primary N) is 1. The van der Waals surface area contributed by atoms with E-state index in [1.165, 1.54) is 31.5 Å². The number of aromatic carboxylic acids is 1. The number of azo groups is 1. The maximum Gasteiger partial charge on any atom is 0.356 e. The van der Waals surface area contributed by atoms with Crippen LogP contribution in [0.2, 0.25) is 0 Å². The number of piperidine rings is 1. The van der Waals surface area contributed by atoms with Crippen LogP contribution in [-0.4, -0.2) is 69.0 Å². The number of urea groups is 1. The Labute approximate surface area is 260 Å². The first-order valence-electron chi connectivity index (χ1n) is 15.0. The molecule has 1 saturated carbocycles. The number of hydrogen-bond donors (Lipinski definition) is 3. The number of primary amides is 1. The zero-order valence-corrected chi connectivity index (χ0v) is 24.8. The lowest BCUT2D eigenvalue weighted by Gasteiger charge is -2.37. The van der Waals surface area contributed by atoms with Crippen molar-refractivity contribution in [1.29, 1.82) is 0 Å². The highest BCUT2D eigenvalue weighted by Crippen LogP contribution is 2.46. The molecule has 1 aliphatic carbocycles. The monoisotopic (exact) mass is 635 g/mol. The highest BCUT2D eigenvalue weighted by molar-refractivity contribution is 5.97. The number of carbonyl (C=O) groups is 2. The van der Waals surface area contributed by atoms with Gasteiger partial charge in [-0.25, -0.2) is 18.4 Å². The molecule has 13 nitrogen and oxygen atoms in total. The van der Waals surface area contributed by atoms with E-state index in [9.17, 15) is 29.0 Å². The minimum absolute atomic E-state index is 0.0185. The Balaban J connectivity index is 1.26. The first-order valence-corrected chi connectivity index (χ1v) is 15.0. The largest absolute Gasteiger partial charge is 0.493 e. The highest BCUT2D eigenvalue weighted by atomic mass is 19.1. The molecule has 3 fully saturated rings. The molecule has 46 heavy (non-hydrogen) atoms. The number of aromatic nitrogens is 2. The fourth-order valence-electron chi connectivity index (χ4n) is 7.17. The highest BCUT2D eigenvalue weighted by Gasteiger charge is 2.42. The van der Waals surface area contributed by atoms with Crippen LogP contribution in [0.1, 0.15) is 42.1 Å². The maximum absolute atomic E-state index is 16.0. The molecule has 0 spiro atoms. The van der Waals surface area contributed by atoms with Crippen LogP contribution in [0.3, 0.4) is 0 Å². The van der Waals surface area contributed by atoms with Gasteiger partial charge in [0.2, 0.25) is 11.3 Å². The quantitative estimate of drug-likeness (QED) is 0.246. The van der Waals surface area contributed by atoms with Crippen LogP contribution >= 0.6 is 0 Å². The molecule has 4 heterocycles. The van der Waals surface area contributed by atoms with Crippen LogP contribution in [0.25, 0.3) is 21.8 Å². The smallest absolute Gasteiger partial charge is 0.356 e. The van der Waals surface area contributed by atoms with E-state index in [0.717, 1.165) is 31.7 Å². The van der Waals surface area contributed by atoms with Crippen molar-refractivity contribution in [2.24, 2.45) is 21.9 Å². The van der Waals surface area contributed by atoms with Crippen LogP contribution in [0.15, 0.2) is 45.5 Å². The summed E-state index contributed by atoms with van der Waals surface area (Å²) in [5.41, 5.74) is 4.90. The number of pyridine rings is 1. The first-order chi connectivity index (χ1) is 22.1. The molecular weight excluding hydrogens is 604 g/mol. The minimum Gasteiger partial charge on any atom is -0.493 e. The lowest BCUT2D eigenvalue weighted by Crippen LogP contribution is -2.45. The Morgan fingerprint density at radius 1 is 1.13 bits per heavy atom. The maximum atomic E-state index is 16.0. The average molecular weight is 636 g/mol. The number of carboxylic acid groups (broad SMARTS) is 1. The number of amides is 2. The Morgan fingerprint density at radius 3 is 2.61 bits per heavy atom. The number of methoxy groups -OCH3 is 1. The number of fused-ring (bicyclic) bond motifs is 3. The molecule has 4 aromatic rings. The van der Waals surface area contributed by atoms with Gasteiger partial charge in [0.15, 0.2) is 17.3 Å². The van der Waals surface area contributed by atoms with Gasteiger partial charge in [0.05, 0.1) is 30.2 Å². The number of aromatic hydroxyl groups is 1. The van der Waals surface area contributed by atoms with Crippen molar-refractivity contribution < 1.29 is 33.3 Å². The van der Waals surface area contributed by atoms with Crippen molar-refractivity contribution in [3.05, 3.63) is 57.9 Å². The number of benzene rings is 2. The van der Waals surface area contributed by atoms with Gasteiger partial charge in [-0.3, -0.25) is 14.3 Å². The van der Waals surface area contributed by atoms with Gasteiger partial charge < -0.3 is 30.2 Å². The third kappa shape index (κ3) is 4.81. The summed E-state index contributed by atoms with van der Waals surface area (Å²) in [6.45, 7) is 1.78. The van der Waals surface area contributed by atoms with Gasteiger partial charge in [-0.2, -0.15) is 0 Å². The lowest BCUT2D eigenvalue weighted by molar-refractivity contribution is 0.0694. The summed E-state index contributed by atoms with van der Waals surface area (Å²) in [5.74, 6) is -2.60. The average Bonchev–Trinajstić information content (AvgIpc) is 3.71. The van der Waals surface area contributed by atoms with Crippen molar-refractivity contribution in [3.8, 4) is 11.6 Å². The molecule has 15 heteroatoms. The summed E-state index contributed by atoms with van der Waals surface area (Å²) in [5, 5.41) is 28.1. The molecular formula is C31H31F2N7O6. The number of likely N-dealkylation sites (tertiary alicyclic amines) is 1. The van der Waals surface area contributed by atoms with E-state index in [0.29, 0.717) is 30.7 Å². The van der Waals surface area contributed by atoms with E-state index in [2.05, 4.69) is 15.1 Å². The third-order valence-electron chi connectivity index (χ3n) is 9.33. The van der Waals surface area contributed by atoms with Crippen LogP contribution in [-0.2, 0) is 6.67 Å². The van der Waals surface area contributed by atoms with E-state index in [1.807, 2.05) is 4.90 Å². The standard InChI is InChI=1S/C31H31F2N7O6/c1-46-28-25-19(27(41)20(30(43)44)12-39(25)17-5-6-17)10-21(33)26(28)38-11-15-3-2-8-37(23(15)13-38)14-40-22-7-4-16(32)9-18(22)24(29(40)42)35-36-31(34)45/h4,7,9-10,12,15,17,23,42H,2-3,5-6,8,11,13-14H2,1H3,(H2,34,45)(H,43,44)/t15-,23+/m0/s1. The topological polar surface area (TPSA) is 168 Å². The molecule has 2 aromatic carbocycles. The van der Waals surface area contributed by atoms with E-state index in [1.54, 1.807) is 9.13 Å². The summed E-state index contributed by atoms with van der Waals surface area (Å²) in [6.07, 6.45) is 4.65. The van der Waals surface area contributed by atoms with Crippen LogP contribution in [0.4, 0.5) is 25.0 Å². The second-order valence-electron chi connectivity index (χ2n) is 12.1. The zero-order chi connectivity index (χ0) is 32.4. The van der Waals surface area contributed by atoms with E-state index >= 15 is 4.39 Å². The zero-order valence-electron chi connectivity index (χ0n) is 24.8. The molecule has 0 bridgehead atoms. The fraction of sp³-hybridized carbons (Fsp3) is 0.387. The molecule has 240 valence electrons. The Hall–Kier alpha value is -5.05. The van der Waals surface area contributed by atoms with Crippen molar-refractivity contribution in [2.75, 3.05) is 31.6 Å². The predicted octanol–water partition coefficient (Wildman–Crippen LogP) is 4.70. The number of halogens is 2. The molecule has 2 saturated heterocycles. The van der Waals surface area contributed by atoms with Gasteiger partial charge in [-0.05, 0) is 55.9 Å². The number of hydrogen-bond acceptors (Lipinski definition) is 8. The number of carbonyl (C=O) groups excluding carboxylic acids is 1. The van der Waals surface area contributed by atoms with E-state index in [4.69, 9.17) is 10.5 Å². The van der Waals surface area contributed by atoms with Crippen molar-refractivity contribution in [3.63, 3.8) is 0 Å². The number of rotatable bonds is 7. The number of carboxylic acids is 1.